The second-order valence-corrected chi connectivity index (χ2v) is 9.36. The van der Waals surface area contributed by atoms with Crippen molar-refractivity contribution in [1.29, 1.82) is 0 Å². The normalized spacial score (nSPS) is 17.0. The lowest BCUT2D eigenvalue weighted by Gasteiger charge is -2.33. The van der Waals surface area contributed by atoms with Crippen LogP contribution in [0.15, 0.2) is 47.3 Å². The number of benzene rings is 2. The largest absolute Gasteiger partial charge is 0.370 e. The summed E-state index contributed by atoms with van der Waals surface area (Å²) in [6, 6.07) is 13.8. The highest BCUT2D eigenvalue weighted by molar-refractivity contribution is 6.00. The summed E-state index contributed by atoms with van der Waals surface area (Å²) in [6.45, 7) is 6.54. The molecule has 2 aromatic carbocycles. The fourth-order valence-corrected chi connectivity index (χ4v) is 4.51. The van der Waals surface area contributed by atoms with Gasteiger partial charge in [-0.3, -0.25) is 14.2 Å². The lowest BCUT2D eigenvalue weighted by atomic mass is 9.98. The van der Waals surface area contributed by atoms with Gasteiger partial charge >= 0.3 is 0 Å². The van der Waals surface area contributed by atoms with E-state index in [2.05, 4.69) is 17.1 Å². The smallest absolute Gasteiger partial charge is 0.261 e. The van der Waals surface area contributed by atoms with Crippen LogP contribution in [0, 0.1) is 18.8 Å². The van der Waals surface area contributed by atoms with Gasteiger partial charge in [-0.05, 0) is 56.2 Å². The Labute approximate surface area is 188 Å². The first-order chi connectivity index (χ1) is 15.5. The molecule has 1 aliphatic heterocycles. The average molecular weight is 431 g/mol. The van der Waals surface area contributed by atoms with Crippen molar-refractivity contribution in [3.05, 3.63) is 64.2 Å². The molecule has 2 fully saturated rings. The number of rotatable bonds is 5. The minimum Gasteiger partial charge on any atom is -0.370 e. The van der Waals surface area contributed by atoms with Crippen LogP contribution in [-0.2, 0) is 11.3 Å². The van der Waals surface area contributed by atoms with Gasteiger partial charge in [0.2, 0.25) is 5.91 Å². The van der Waals surface area contributed by atoms with Gasteiger partial charge in [-0.2, -0.15) is 0 Å². The summed E-state index contributed by atoms with van der Waals surface area (Å²) in [5.41, 5.74) is 3.38. The van der Waals surface area contributed by atoms with Crippen molar-refractivity contribution < 1.29 is 4.79 Å². The molecule has 1 amide bonds. The number of fused-ring (bicyclic) bond motifs is 1. The zero-order chi connectivity index (χ0) is 22.2. The number of carbonyl (C=O) groups excluding carboxylic acids is 1. The maximum absolute atomic E-state index is 13.5. The molecule has 1 aromatic heterocycles. The second kappa shape index (κ2) is 8.41. The highest BCUT2D eigenvalue weighted by Gasteiger charge is 2.31. The van der Waals surface area contributed by atoms with E-state index in [1.165, 1.54) is 0 Å². The molecule has 2 heterocycles. The maximum atomic E-state index is 13.5. The molecule has 0 atom stereocenters. The Morgan fingerprint density at radius 3 is 2.50 bits per heavy atom. The molecule has 3 aromatic rings. The van der Waals surface area contributed by atoms with Crippen molar-refractivity contribution >= 4 is 28.2 Å². The monoisotopic (exact) mass is 430 g/mol. The zero-order valence-electron chi connectivity index (χ0n) is 18.8. The Morgan fingerprint density at radius 1 is 1.09 bits per heavy atom. The van der Waals surface area contributed by atoms with Crippen LogP contribution in [-0.4, -0.2) is 28.5 Å². The number of anilines is 2. The minimum absolute atomic E-state index is 0.0562. The van der Waals surface area contributed by atoms with Crippen molar-refractivity contribution in [1.82, 2.24) is 9.55 Å². The van der Waals surface area contributed by atoms with E-state index in [9.17, 15) is 9.59 Å². The Balaban J connectivity index is 1.59. The van der Waals surface area contributed by atoms with Gasteiger partial charge < -0.3 is 10.2 Å². The number of nitrogens with zero attached hydrogens (tertiary/aromatic N) is 3. The third-order valence-corrected chi connectivity index (χ3v) is 6.78. The number of aryl methyl sites for hydroxylation is 1. The zero-order valence-corrected chi connectivity index (χ0v) is 18.8. The van der Waals surface area contributed by atoms with E-state index in [-0.39, 0.29) is 17.4 Å². The number of nitrogens with one attached hydrogen (secondary N) is 1. The highest BCUT2D eigenvalue weighted by Crippen LogP contribution is 2.35. The number of hydrogen-bond donors (Lipinski definition) is 1. The van der Waals surface area contributed by atoms with Gasteiger partial charge in [-0.1, -0.05) is 37.3 Å². The van der Waals surface area contributed by atoms with E-state index >= 15 is 0 Å². The Morgan fingerprint density at radius 2 is 1.81 bits per heavy atom. The summed E-state index contributed by atoms with van der Waals surface area (Å²) < 4.78 is 1.71. The van der Waals surface area contributed by atoms with Crippen molar-refractivity contribution in [2.24, 2.45) is 11.8 Å². The van der Waals surface area contributed by atoms with Crippen molar-refractivity contribution in [2.75, 3.05) is 23.3 Å². The van der Waals surface area contributed by atoms with Gasteiger partial charge in [-0.25, -0.2) is 4.98 Å². The van der Waals surface area contributed by atoms with Gasteiger partial charge in [0.1, 0.15) is 5.82 Å². The van der Waals surface area contributed by atoms with E-state index in [0.717, 1.165) is 55.7 Å². The lowest BCUT2D eigenvalue weighted by Crippen LogP contribution is -2.34. The summed E-state index contributed by atoms with van der Waals surface area (Å²) in [4.78, 5) is 33.2. The molecule has 0 radical (unpaired) electrons. The number of hydrogen-bond acceptors (Lipinski definition) is 4. The first-order valence-corrected chi connectivity index (χ1v) is 11.6. The Hall–Kier alpha value is -3.15. The first kappa shape index (κ1) is 20.7. The second-order valence-electron chi connectivity index (χ2n) is 9.36. The van der Waals surface area contributed by atoms with Crippen LogP contribution < -0.4 is 15.8 Å². The Kier molecular flexibility index (Phi) is 5.45. The molecule has 0 spiro atoms. The standard InChI is InChI=1S/C26H30N4O2/c1-17-10-12-29(13-11-17)24-15-22-21(14-23(24)28-25(31)20-8-9-20)26(32)30(18(2)27-22)16-19-6-4-3-5-7-19/h3-7,14-15,17,20H,8-13,16H2,1-2H3,(H,28,31). The van der Waals surface area contributed by atoms with E-state index in [1.807, 2.05) is 49.4 Å². The quantitative estimate of drug-likeness (QED) is 0.654. The molecule has 1 N–H and O–H groups in total. The molecule has 0 bridgehead atoms. The van der Waals surface area contributed by atoms with Crippen LogP contribution in [0.25, 0.3) is 10.9 Å². The molecule has 1 saturated heterocycles. The highest BCUT2D eigenvalue weighted by atomic mass is 16.2. The predicted octanol–water partition coefficient (Wildman–Crippen LogP) is 4.34. The van der Waals surface area contributed by atoms with Crippen LogP contribution in [0.4, 0.5) is 11.4 Å². The summed E-state index contributed by atoms with van der Waals surface area (Å²) in [5, 5.41) is 3.68. The number of amides is 1. The third kappa shape index (κ3) is 4.14. The number of aromatic nitrogens is 2. The first-order valence-electron chi connectivity index (χ1n) is 11.6. The third-order valence-electron chi connectivity index (χ3n) is 6.78. The maximum Gasteiger partial charge on any atom is 0.261 e. The van der Waals surface area contributed by atoms with Crippen molar-refractivity contribution in [3.63, 3.8) is 0 Å². The predicted molar refractivity (Wildman–Crippen MR) is 128 cm³/mol. The molecular formula is C26H30N4O2. The van der Waals surface area contributed by atoms with Crippen LogP contribution >= 0.6 is 0 Å². The van der Waals surface area contributed by atoms with E-state index in [0.29, 0.717) is 29.2 Å². The molecule has 32 heavy (non-hydrogen) atoms. The van der Waals surface area contributed by atoms with Crippen molar-refractivity contribution in [3.8, 4) is 0 Å². The van der Waals surface area contributed by atoms with Crippen LogP contribution in [0.3, 0.4) is 0 Å². The van der Waals surface area contributed by atoms with Crippen LogP contribution in [0.5, 0.6) is 0 Å². The molecule has 166 valence electrons. The van der Waals surface area contributed by atoms with E-state index in [1.54, 1.807) is 4.57 Å². The summed E-state index contributed by atoms with van der Waals surface area (Å²) in [7, 11) is 0. The minimum atomic E-state index is -0.0721. The summed E-state index contributed by atoms with van der Waals surface area (Å²) in [5.74, 6) is 1.56. The molecule has 6 heteroatoms. The molecular weight excluding hydrogens is 400 g/mol. The lowest BCUT2D eigenvalue weighted by molar-refractivity contribution is -0.117. The SMILES string of the molecule is Cc1nc2cc(N3CCC(C)CC3)c(NC(=O)C3CC3)cc2c(=O)n1Cc1ccccc1. The number of carbonyl (C=O) groups is 1. The van der Waals surface area contributed by atoms with Gasteiger partial charge in [0.05, 0.1) is 28.8 Å². The molecule has 1 saturated carbocycles. The summed E-state index contributed by atoms with van der Waals surface area (Å²) >= 11 is 0. The fourth-order valence-electron chi connectivity index (χ4n) is 4.51. The van der Waals surface area contributed by atoms with Crippen LogP contribution in [0.2, 0.25) is 0 Å². The van der Waals surface area contributed by atoms with Gasteiger partial charge in [0, 0.05) is 19.0 Å². The van der Waals surface area contributed by atoms with E-state index < -0.39 is 0 Å². The van der Waals surface area contributed by atoms with Crippen LogP contribution in [0.1, 0.15) is 44.0 Å². The molecule has 2 aliphatic rings. The van der Waals surface area contributed by atoms with Gasteiger partial charge in [0.15, 0.2) is 0 Å². The topological polar surface area (TPSA) is 67.2 Å². The molecule has 5 rings (SSSR count). The van der Waals surface area contributed by atoms with Gasteiger partial charge in [0.25, 0.3) is 5.56 Å². The summed E-state index contributed by atoms with van der Waals surface area (Å²) in [6.07, 6.45) is 4.14. The number of piperidine rings is 1. The average Bonchev–Trinajstić information content (AvgIpc) is 3.64. The van der Waals surface area contributed by atoms with Crippen molar-refractivity contribution in [2.45, 2.75) is 46.1 Å². The molecule has 1 aliphatic carbocycles. The van der Waals surface area contributed by atoms with E-state index in [4.69, 9.17) is 4.98 Å². The molecule has 6 nitrogen and oxygen atoms in total. The molecule has 0 unspecified atom stereocenters. The fraction of sp³-hybridized carbons (Fsp3) is 0.423. The van der Waals surface area contributed by atoms with Gasteiger partial charge in [-0.15, -0.1) is 0 Å². The Bertz CT molecular complexity index is 1210.